The SMILES string of the molecule is Cc1ccc(C(C)C)c(OCC(=O)N(Cc2cccc(F)c2)c2ccccn2)c1. The first-order chi connectivity index (χ1) is 13.9. The van der Waals surface area contributed by atoms with Crippen LogP contribution in [-0.4, -0.2) is 17.5 Å². The van der Waals surface area contributed by atoms with Gasteiger partial charge in [-0.05, 0) is 59.9 Å². The van der Waals surface area contributed by atoms with Gasteiger partial charge in [-0.15, -0.1) is 0 Å². The Balaban J connectivity index is 1.81. The highest BCUT2D eigenvalue weighted by Gasteiger charge is 2.19. The number of benzene rings is 2. The summed E-state index contributed by atoms with van der Waals surface area (Å²) in [7, 11) is 0. The molecule has 0 spiro atoms. The van der Waals surface area contributed by atoms with Gasteiger partial charge in [0, 0.05) is 6.20 Å². The maximum atomic E-state index is 13.6. The maximum absolute atomic E-state index is 13.6. The van der Waals surface area contributed by atoms with Crippen molar-refractivity contribution in [3.63, 3.8) is 0 Å². The average Bonchev–Trinajstić information content (AvgIpc) is 2.71. The van der Waals surface area contributed by atoms with E-state index in [1.165, 1.54) is 17.0 Å². The predicted octanol–water partition coefficient (Wildman–Crippen LogP) is 5.26. The highest BCUT2D eigenvalue weighted by atomic mass is 19.1. The van der Waals surface area contributed by atoms with E-state index in [1.54, 1.807) is 30.5 Å². The van der Waals surface area contributed by atoms with Crippen LogP contribution in [-0.2, 0) is 11.3 Å². The molecule has 0 bridgehead atoms. The van der Waals surface area contributed by atoms with Crippen LogP contribution in [0.25, 0.3) is 0 Å². The Morgan fingerprint density at radius 2 is 1.93 bits per heavy atom. The summed E-state index contributed by atoms with van der Waals surface area (Å²) in [5.74, 6) is 0.899. The second-order valence-corrected chi connectivity index (χ2v) is 7.28. The molecular formula is C24H25FN2O2. The topological polar surface area (TPSA) is 42.4 Å². The van der Waals surface area contributed by atoms with Gasteiger partial charge < -0.3 is 4.74 Å². The number of nitrogens with zero attached hydrogens (tertiary/aromatic N) is 2. The van der Waals surface area contributed by atoms with Crippen molar-refractivity contribution < 1.29 is 13.9 Å². The van der Waals surface area contributed by atoms with Crippen LogP contribution >= 0.6 is 0 Å². The second-order valence-electron chi connectivity index (χ2n) is 7.28. The van der Waals surface area contributed by atoms with Gasteiger partial charge in [0.2, 0.25) is 0 Å². The first-order valence-electron chi connectivity index (χ1n) is 9.63. The van der Waals surface area contributed by atoms with Crippen molar-refractivity contribution in [3.8, 4) is 5.75 Å². The lowest BCUT2D eigenvalue weighted by Gasteiger charge is -2.23. The number of aromatic nitrogens is 1. The van der Waals surface area contributed by atoms with Crippen molar-refractivity contribution in [3.05, 3.63) is 89.4 Å². The largest absolute Gasteiger partial charge is 0.483 e. The Morgan fingerprint density at radius 3 is 2.62 bits per heavy atom. The molecular weight excluding hydrogens is 367 g/mol. The third-order valence-electron chi connectivity index (χ3n) is 4.60. The molecule has 0 aliphatic carbocycles. The first-order valence-corrected chi connectivity index (χ1v) is 9.63. The third-order valence-corrected chi connectivity index (χ3v) is 4.60. The highest BCUT2D eigenvalue weighted by Crippen LogP contribution is 2.27. The minimum Gasteiger partial charge on any atom is -0.483 e. The molecule has 1 amide bonds. The number of aryl methyl sites for hydroxylation is 1. The maximum Gasteiger partial charge on any atom is 0.266 e. The fourth-order valence-corrected chi connectivity index (χ4v) is 3.09. The van der Waals surface area contributed by atoms with Crippen LogP contribution in [0.5, 0.6) is 5.75 Å². The van der Waals surface area contributed by atoms with E-state index in [1.807, 2.05) is 31.2 Å². The normalized spacial score (nSPS) is 10.8. The van der Waals surface area contributed by atoms with E-state index in [9.17, 15) is 9.18 Å². The molecule has 1 heterocycles. The van der Waals surface area contributed by atoms with Crippen molar-refractivity contribution in [1.82, 2.24) is 4.98 Å². The number of carbonyl (C=O) groups is 1. The zero-order valence-electron chi connectivity index (χ0n) is 16.9. The van der Waals surface area contributed by atoms with Crippen molar-refractivity contribution in [2.75, 3.05) is 11.5 Å². The molecule has 1 aromatic heterocycles. The van der Waals surface area contributed by atoms with Crippen LogP contribution in [0.4, 0.5) is 10.2 Å². The lowest BCUT2D eigenvalue weighted by Crippen LogP contribution is -2.35. The molecule has 0 saturated carbocycles. The molecule has 2 aromatic carbocycles. The Labute approximate surface area is 171 Å². The van der Waals surface area contributed by atoms with Crippen LogP contribution in [0, 0.1) is 12.7 Å². The van der Waals surface area contributed by atoms with Crippen molar-refractivity contribution in [2.45, 2.75) is 33.2 Å². The number of ether oxygens (including phenoxy) is 1. The van der Waals surface area contributed by atoms with E-state index in [4.69, 9.17) is 4.74 Å². The standard InChI is InChI=1S/C24H25FN2O2/c1-17(2)21-11-10-18(3)13-22(21)29-16-24(28)27(23-9-4-5-12-26-23)15-19-7-6-8-20(25)14-19/h4-14,17H,15-16H2,1-3H3. The van der Waals surface area contributed by atoms with Gasteiger partial charge in [-0.25, -0.2) is 9.37 Å². The van der Waals surface area contributed by atoms with Gasteiger partial charge in [-0.1, -0.05) is 44.2 Å². The molecule has 150 valence electrons. The zero-order valence-corrected chi connectivity index (χ0v) is 16.9. The summed E-state index contributed by atoms with van der Waals surface area (Å²) in [4.78, 5) is 18.8. The zero-order chi connectivity index (χ0) is 20.8. The minimum atomic E-state index is -0.339. The molecule has 0 N–H and O–H groups in total. The fourth-order valence-electron chi connectivity index (χ4n) is 3.09. The Morgan fingerprint density at radius 1 is 1.10 bits per heavy atom. The molecule has 29 heavy (non-hydrogen) atoms. The van der Waals surface area contributed by atoms with E-state index in [2.05, 4.69) is 18.8 Å². The minimum absolute atomic E-state index is 0.130. The Kier molecular flexibility index (Phi) is 6.60. The summed E-state index contributed by atoms with van der Waals surface area (Å²) in [5, 5.41) is 0. The lowest BCUT2D eigenvalue weighted by molar-refractivity contribution is -0.120. The molecule has 0 radical (unpaired) electrons. The molecule has 0 atom stereocenters. The number of halogens is 1. The molecule has 4 nitrogen and oxygen atoms in total. The van der Waals surface area contributed by atoms with Gasteiger partial charge >= 0.3 is 0 Å². The molecule has 5 heteroatoms. The molecule has 0 saturated heterocycles. The lowest BCUT2D eigenvalue weighted by atomic mass is 10.0. The Bertz CT molecular complexity index is 974. The predicted molar refractivity (Wildman–Crippen MR) is 113 cm³/mol. The summed E-state index contributed by atoms with van der Waals surface area (Å²) in [6.07, 6.45) is 1.62. The molecule has 0 aliphatic heterocycles. The van der Waals surface area contributed by atoms with Crippen LogP contribution in [0.2, 0.25) is 0 Å². The molecule has 3 rings (SSSR count). The smallest absolute Gasteiger partial charge is 0.266 e. The summed E-state index contributed by atoms with van der Waals surface area (Å²) in [6.45, 7) is 6.24. The van der Waals surface area contributed by atoms with Crippen LogP contribution in [0.1, 0.15) is 36.5 Å². The van der Waals surface area contributed by atoms with Crippen LogP contribution in [0.3, 0.4) is 0 Å². The van der Waals surface area contributed by atoms with Gasteiger partial charge in [0.25, 0.3) is 5.91 Å². The summed E-state index contributed by atoms with van der Waals surface area (Å²) in [5.41, 5.74) is 2.80. The fraction of sp³-hybridized carbons (Fsp3) is 0.250. The van der Waals surface area contributed by atoms with Gasteiger partial charge in [0.15, 0.2) is 6.61 Å². The van der Waals surface area contributed by atoms with E-state index in [-0.39, 0.29) is 30.8 Å². The molecule has 0 aliphatic rings. The van der Waals surface area contributed by atoms with Crippen molar-refractivity contribution >= 4 is 11.7 Å². The van der Waals surface area contributed by atoms with Gasteiger partial charge in [-0.2, -0.15) is 0 Å². The highest BCUT2D eigenvalue weighted by molar-refractivity contribution is 5.93. The Hall–Kier alpha value is -3.21. The first kappa shape index (κ1) is 20.5. The van der Waals surface area contributed by atoms with Crippen LogP contribution in [0.15, 0.2) is 66.9 Å². The number of pyridine rings is 1. The number of rotatable bonds is 7. The number of amides is 1. The number of hydrogen-bond acceptors (Lipinski definition) is 3. The third kappa shape index (κ3) is 5.41. The van der Waals surface area contributed by atoms with Crippen molar-refractivity contribution in [1.29, 1.82) is 0 Å². The van der Waals surface area contributed by atoms with Gasteiger partial charge in [0.05, 0.1) is 6.54 Å². The number of carbonyl (C=O) groups excluding carboxylic acids is 1. The summed E-state index contributed by atoms with van der Waals surface area (Å²) < 4.78 is 19.5. The van der Waals surface area contributed by atoms with E-state index in [0.29, 0.717) is 17.1 Å². The van der Waals surface area contributed by atoms with E-state index >= 15 is 0 Å². The summed E-state index contributed by atoms with van der Waals surface area (Å²) in [6, 6.07) is 17.6. The second kappa shape index (κ2) is 9.32. The van der Waals surface area contributed by atoms with E-state index < -0.39 is 0 Å². The van der Waals surface area contributed by atoms with Gasteiger partial charge in [0.1, 0.15) is 17.4 Å². The number of hydrogen-bond donors (Lipinski definition) is 0. The molecule has 0 unspecified atom stereocenters. The monoisotopic (exact) mass is 392 g/mol. The van der Waals surface area contributed by atoms with Crippen molar-refractivity contribution in [2.24, 2.45) is 0 Å². The quantitative estimate of drug-likeness (QED) is 0.550. The van der Waals surface area contributed by atoms with Crippen LogP contribution < -0.4 is 9.64 Å². The molecule has 0 fully saturated rings. The molecule has 3 aromatic rings. The average molecular weight is 392 g/mol. The summed E-state index contributed by atoms with van der Waals surface area (Å²) >= 11 is 0. The number of anilines is 1. The van der Waals surface area contributed by atoms with E-state index in [0.717, 1.165) is 11.1 Å². The van der Waals surface area contributed by atoms with Gasteiger partial charge in [-0.3, -0.25) is 9.69 Å².